The zero-order chi connectivity index (χ0) is 12.8. The molecule has 3 nitrogen and oxygen atoms in total. The summed E-state index contributed by atoms with van der Waals surface area (Å²) in [6.07, 6.45) is 3.03. The Balaban J connectivity index is 2.79. The highest BCUT2D eigenvalue weighted by atomic mass is 32.2. The van der Waals surface area contributed by atoms with Crippen LogP contribution in [-0.2, 0) is 0 Å². The maximum atomic E-state index is 13.5. The first-order valence-electron chi connectivity index (χ1n) is 5.39. The van der Waals surface area contributed by atoms with Crippen molar-refractivity contribution in [3.8, 4) is 0 Å². The minimum atomic E-state index is -0.615. The van der Waals surface area contributed by atoms with Crippen LogP contribution in [0.3, 0.4) is 0 Å². The number of primary amides is 1. The monoisotopic (exact) mass is 256 g/mol. The van der Waals surface area contributed by atoms with E-state index in [2.05, 4.69) is 5.32 Å². The van der Waals surface area contributed by atoms with Crippen molar-refractivity contribution >= 4 is 23.4 Å². The Bertz CT molecular complexity index is 410. The van der Waals surface area contributed by atoms with Gasteiger partial charge in [0.25, 0.3) is 0 Å². The molecule has 1 aromatic carbocycles. The van der Waals surface area contributed by atoms with Crippen molar-refractivity contribution in [2.24, 2.45) is 5.73 Å². The maximum absolute atomic E-state index is 13.5. The zero-order valence-corrected chi connectivity index (χ0v) is 10.9. The third-order valence-electron chi connectivity index (χ3n) is 2.47. The number of carbonyl (C=O) groups is 1. The van der Waals surface area contributed by atoms with E-state index in [1.54, 1.807) is 24.8 Å². The molecule has 0 saturated heterocycles. The summed E-state index contributed by atoms with van der Waals surface area (Å²) in [4.78, 5) is 11.0. The Morgan fingerprint density at radius 1 is 1.53 bits per heavy atom. The molecular formula is C12H17FN2OS. The molecule has 0 aliphatic rings. The molecule has 0 spiro atoms. The molecular weight excluding hydrogens is 239 g/mol. The lowest BCUT2D eigenvalue weighted by atomic mass is 10.1. The van der Waals surface area contributed by atoms with E-state index in [0.29, 0.717) is 11.3 Å². The van der Waals surface area contributed by atoms with Crippen LogP contribution in [-0.4, -0.2) is 24.5 Å². The summed E-state index contributed by atoms with van der Waals surface area (Å²) in [5.41, 5.74) is 6.49. The number of nitrogens with one attached hydrogen (secondary N) is 1. The Morgan fingerprint density at radius 2 is 2.24 bits per heavy atom. The number of halogens is 1. The fourth-order valence-corrected chi connectivity index (χ4v) is 1.88. The summed E-state index contributed by atoms with van der Waals surface area (Å²) in [7, 11) is 0. The van der Waals surface area contributed by atoms with Crippen molar-refractivity contribution in [1.29, 1.82) is 0 Å². The van der Waals surface area contributed by atoms with Crippen LogP contribution in [0.2, 0.25) is 0 Å². The molecule has 0 unspecified atom stereocenters. The van der Waals surface area contributed by atoms with E-state index >= 15 is 0 Å². The molecule has 1 rings (SSSR count). The Kier molecular flexibility index (Phi) is 5.28. The van der Waals surface area contributed by atoms with Gasteiger partial charge in [-0.2, -0.15) is 11.8 Å². The van der Waals surface area contributed by atoms with Crippen LogP contribution in [0.15, 0.2) is 12.1 Å². The van der Waals surface area contributed by atoms with Crippen molar-refractivity contribution in [2.75, 3.05) is 23.9 Å². The van der Waals surface area contributed by atoms with Crippen LogP contribution < -0.4 is 11.1 Å². The highest BCUT2D eigenvalue weighted by molar-refractivity contribution is 7.98. The van der Waals surface area contributed by atoms with E-state index in [9.17, 15) is 9.18 Å². The SMILES string of the molecule is CSCCCNc1cc(C(N)=O)cc(F)c1C. The molecule has 3 N–H and O–H groups in total. The minimum absolute atomic E-state index is 0.195. The highest BCUT2D eigenvalue weighted by Gasteiger charge is 2.09. The molecule has 1 amide bonds. The molecule has 0 aliphatic carbocycles. The summed E-state index contributed by atoms with van der Waals surface area (Å²) in [5, 5.41) is 3.12. The second-order valence-corrected chi connectivity index (χ2v) is 4.75. The molecule has 0 saturated carbocycles. The molecule has 5 heteroatoms. The first-order chi connectivity index (χ1) is 8.06. The smallest absolute Gasteiger partial charge is 0.248 e. The van der Waals surface area contributed by atoms with Crippen LogP contribution in [0.4, 0.5) is 10.1 Å². The van der Waals surface area contributed by atoms with E-state index in [4.69, 9.17) is 5.73 Å². The molecule has 0 fully saturated rings. The van der Waals surface area contributed by atoms with Gasteiger partial charge in [-0.05, 0) is 37.5 Å². The predicted octanol–water partition coefficient (Wildman–Crippen LogP) is 2.40. The molecule has 1 aromatic rings. The minimum Gasteiger partial charge on any atom is -0.385 e. The van der Waals surface area contributed by atoms with Gasteiger partial charge in [-0.1, -0.05) is 0 Å². The summed E-state index contributed by atoms with van der Waals surface area (Å²) in [6.45, 7) is 2.43. The van der Waals surface area contributed by atoms with Crippen LogP contribution >= 0.6 is 11.8 Å². The van der Waals surface area contributed by atoms with Gasteiger partial charge in [0.15, 0.2) is 0 Å². The first kappa shape index (κ1) is 13.8. The number of nitrogens with two attached hydrogens (primary N) is 1. The summed E-state index contributed by atoms with van der Waals surface area (Å²) in [6, 6.07) is 2.77. The van der Waals surface area contributed by atoms with Gasteiger partial charge < -0.3 is 11.1 Å². The summed E-state index contributed by atoms with van der Waals surface area (Å²) >= 11 is 1.76. The largest absolute Gasteiger partial charge is 0.385 e. The average Bonchev–Trinajstić information content (AvgIpc) is 2.29. The fourth-order valence-electron chi connectivity index (χ4n) is 1.44. The normalized spacial score (nSPS) is 10.3. The first-order valence-corrected chi connectivity index (χ1v) is 6.78. The number of thioether (sulfide) groups is 1. The third kappa shape index (κ3) is 3.93. The standard InChI is InChI=1S/C12H17FN2OS/c1-8-10(13)6-9(12(14)16)7-11(8)15-4-3-5-17-2/h6-7,15H,3-5H2,1-2H3,(H2,14,16). The van der Waals surface area contributed by atoms with Crippen LogP contribution in [0.5, 0.6) is 0 Å². The number of amides is 1. The molecule has 94 valence electrons. The van der Waals surface area contributed by atoms with Crippen LogP contribution in [0.1, 0.15) is 22.3 Å². The fraction of sp³-hybridized carbons (Fsp3) is 0.417. The zero-order valence-electron chi connectivity index (χ0n) is 10.0. The van der Waals surface area contributed by atoms with Gasteiger partial charge in [0.05, 0.1) is 0 Å². The van der Waals surface area contributed by atoms with Gasteiger partial charge in [-0.25, -0.2) is 4.39 Å². The lowest BCUT2D eigenvalue weighted by Gasteiger charge is -2.11. The number of hydrogen-bond acceptors (Lipinski definition) is 3. The molecule has 0 atom stereocenters. The van der Waals surface area contributed by atoms with Crippen LogP contribution in [0, 0.1) is 12.7 Å². The van der Waals surface area contributed by atoms with E-state index < -0.39 is 11.7 Å². The summed E-state index contributed by atoms with van der Waals surface area (Å²) in [5.74, 6) is 0.0223. The highest BCUT2D eigenvalue weighted by Crippen LogP contribution is 2.20. The molecule has 0 aromatic heterocycles. The number of carbonyl (C=O) groups excluding carboxylic acids is 1. The van der Waals surface area contributed by atoms with Crippen molar-refractivity contribution in [3.63, 3.8) is 0 Å². The molecule has 0 bridgehead atoms. The number of anilines is 1. The molecule has 17 heavy (non-hydrogen) atoms. The van der Waals surface area contributed by atoms with E-state index in [1.807, 2.05) is 6.26 Å². The van der Waals surface area contributed by atoms with E-state index in [0.717, 1.165) is 18.7 Å². The predicted molar refractivity (Wildman–Crippen MR) is 71.1 cm³/mol. The van der Waals surface area contributed by atoms with Gasteiger partial charge in [0, 0.05) is 23.4 Å². The lowest BCUT2D eigenvalue weighted by molar-refractivity contribution is 0.1000. The topological polar surface area (TPSA) is 55.1 Å². The van der Waals surface area contributed by atoms with E-state index in [1.165, 1.54) is 6.07 Å². The van der Waals surface area contributed by atoms with Crippen molar-refractivity contribution in [3.05, 3.63) is 29.1 Å². The average molecular weight is 256 g/mol. The Morgan fingerprint density at radius 3 is 2.82 bits per heavy atom. The Labute approximate surface area is 105 Å². The van der Waals surface area contributed by atoms with Gasteiger partial charge in [0.2, 0.25) is 5.91 Å². The number of rotatable bonds is 6. The second kappa shape index (κ2) is 6.49. The van der Waals surface area contributed by atoms with Crippen molar-refractivity contribution in [2.45, 2.75) is 13.3 Å². The van der Waals surface area contributed by atoms with Gasteiger partial charge in [0.1, 0.15) is 5.82 Å². The number of hydrogen-bond donors (Lipinski definition) is 2. The molecule has 0 aliphatic heterocycles. The third-order valence-corrected chi connectivity index (χ3v) is 3.17. The number of benzene rings is 1. The molecule has 0 heterocycles. The van der Waals surface area contributed by atoms with Gasteiger partial charge in [-0.3, -0.25) is 4.79 Å². The summed E-state index contributed by atoms with van der Waals surface area (Å²) < 4.78 is 13.5. The van der Waals surface area contributed by atoms with E-state index in [-0.39, 0.29) is 5.56 Å². The Hall–Kier alpha value is -1.23. The van der Waals surface area contributed by atoms with Crippen LogP contribution in [0.25, 0.3) is 0 Å². The lowest BCUT2D eigenvalue weighted by Crippen LogP contribution is -2.13. The maximum Gasteiger partial charge on any atom is 0.248 e. The molecule has 0 radical (unpaired) electrons. The van der Waals surface area contributed by atoms with Crippen molar-refractivity contribution in [1.82, 2.24) is 0 Å². The van der Waals surface area contributed by atoms with Crippen molar-refractivity contribution < 1.29 is 9.18 Å². The van der Waals surface area contributed by atoms with Gasteiger partial charge >= 0.3 is 0 Å². The van der Waals surface area contributed by atoms with Gasteiger partial charge in [-0.15, -0.1) is 0 Å². The quantitative estimate of drug-likeness (QED) is 0.768. The second-order valence-electron chi connectivity index (χ2n) is 3.77.